The monoisotopic (exact) mass is 413 g/mol. The third kappa shape index (κ3) is 3.46. The van der Waals surface area contributed by atoms with Gasteiger partial charge in [-0.1, -0.05) is 29.3 Å². The van der Waals surface area contributed by atoms with Crippen LogP contribution >= 0.6 is 23.2 Å². The molecule has 2 aromatic heterocycles. The minimum absolute atomic E-state index is 0.609. The van der Waals surface area contributed by atoms with E-state index in [0.29, 0.717) is 21.5 Å². The molecule has 0 saturated heterocycles. The Morgan fingerprint density at radius 1 is 0.893 bits per heavy atom. The normalized spacial score (nSPS) is 10.9. The molecular weight excluding hydrogens is 397 g/mol. The number of pyridine rings is 1. The van der Waals surface area contributed by atoms with E-state index >= 15 is 0 Å². The average molecular weight is 414 g/mol. The fraction of sp³-hybridized carbons (Fsp3) is 0.0952. The van der Waals surface area contributed by atoms with Gasteiger partial charge in [-0.2, -0.15) is 0 Å². The van der Waals surface area contributed by atoms with Crippen molar-refractivity contribution in [2.24, 2.45) is 0 Å². The first kappa shape index (κ1) is 18.5. The summed E-state index contributed by atoms with van der Waals surface area (Å²) in [6, 6.07) is 16.9. The summed E-state index contributed by atoms with van der Waals surface area (Å²) in [5, 5.41) is 4.67. The Hall–Kier alpha value is -2.89. The number of aromatic nitrogens is 2. The summed E-state index contributed by atoms with van der Waals surface area (Å²) in [5.41, 5.74) is 3.24. The zero-order valence-electron chi connectivity index (χ0n) is 15.2. The molecule has 5 nitrogen and oxygen atoms in total. The van der Waals surface area contributed by atoms with Crippen LogP contribution in [0, 0.1) is 0 Å². The summed E-state index contributed by atoms with van der Waals surface area (Å²) < 4.78 is 12.7. The van der Waals surface area contributed by atoms with Crippen LogP contribution in [0.2, 0.25) is 10.0 Å². The Labute approximate surface area is 172 Å². The summed E-state index contributed by atoms with van der Waals surface area (Å²) >= 11 is 12.4. The van der Waals surface area contributed by atoms with E-state index in [1.54, 1.807) is 14.2 Å². The lowest BCUT2D eigenvalue weighted by molar-refractivity contribution is 0.355. The third-order valence-corrected chi connectivity index (χ3v) is 4.79. The molecule has 0 radical (unpaired) electrons. The second-order valence-electron chi connectivity index (χ2n) is 6.09. The maximum Gasteiger partial charge on any atom is 0.161 e. The van der Waals surface area contributed by atoms with E-state index in [2.05, 4.69) is 5.32 Å². The van der Waals surface area contributed by atoms with Crippen molar-refractivity contribution in [3.8, 4) is 22.8 Å². The molecule has 0 fully saturated rings. The van der Waals surface area contributed by atoms with Gasteiger partial charge in [0.15, 0.2) is 11.5 Å². The second-order valence-corrected chi connectivity index (χ2v) is 6.96. The van der Waals surface area contributed by atoms with Crippen LogP contribution in [0.3, 0.4) is 0 Å². The number of rotatable bonds is 5. The fourth-order valence-corrected chi connectivity index (χ4v) is 3.38. The molecule has 0 aliphatic rings. The smallest absolute Gasteiger partial charge is 0.161 e. The highest BCUT2D eigenvalue weighted by Gasteiger charge is 2.17. The average Bonchev–Trinajstić information content (AvgIpc) is 3.05. The lowest BCUT2D eigenvalue weighted by Crippen LogP contribution is -1.97. The number of halogens is 2. The first-order valence-electron chi connectivity index (χ1n) is 8.51. The van der Waals surface area contributed by atoms with Crippen LogP contribution < -0.4 is 14.8 Å². The van der Waals surface area contributed by atoms with E-state index in [-0.39, 0.29) is 0 Å². The van der Waals surface area contributed by atoms with Crippen molar-refractivity contribution in [2.45, 2.75) is 0 Å². The van der Waals surface area contributed by atoms with E-state index in [9.17, 15) is 0 Å². The number of imidazole rings is 1. The lowest BCUT2D eigenvalue weighted by Gasteiger charge is -2.11. The predicted octanol–water partition coefficient (Wildman–Crippen LogP) is 6.07. The van der Waals surface area contributed by atoms with Gasteiger partial charge in [-0.25, -0.2) is 4.98 Å². The first-order valence-corrected chi connectivity index (χ1v) is 9.27. The molecule has 0 unspecified atom stereocenters. The van der Waals surface area contributed by atoms with Gasteiger partial charge in [0.25, 0.3) is 0 Å². The number of methoxy groups -OCH3 is 2. The topological polar surface area (TPSA) is 47.8 Å². The Morgan fingerprint density at radius 3 is 2.46 bits per heavy atom. The van der Waals surface area contributed by atoms with Gasteiger partial charge >= 0.3 is 0 Å². The van der Waals surface area contributed by atoms with E-state index in [1.165, 1.54) is 0 Å². The Bertz CT molecular complexity index is 1160. The second kappa shape index (κ2) is 7.62. The van der Waals surface area contributed by atoms with E-state index in [0.717, 1.165) is 28.4 Å². The number of benzene rings is 2. The number of hydrogen-bond acceptors (Lipinski definition) is 4. The predicted molar refractivity (Wildman–Crippen MR) is 113 cm³/mol. The maximum absolute atomic E-state index is 6.23. The lowest BCUT2D eigenvalue weighted by atomic mass is 10.1. The molecule has 0 bridgehead atoms. The van der Waals surface area contributed by atoms with E-state index in [4.69, 9.17) is 37.7 Å². The van der Waals surface area contributed by atoms with Crippen LogP contribution in [-0.2, 0) is 0 Å². The standard InChI is InChI=1S/C21H17Cl2N3O2/c1-27-17-8-6-13(10-18(17)28-2)20-21(24-16-5-3-4-14(22)11-16)26-12-15(23)7-9-19(26)25-20/h3-12,24H,1-2H3. The number of nitrogens with one attached hydrogen (secondary N) is 1. The molecular formula is C21H17Cl2N3O2. The molecule has 0 aliphatic heterocycles. The Balaban J connectivity index is 1.90. The van der Waals surface area contributed by atoms with Gasteiger partial charge in [-0.3, -0.25) is 4.40 Å². The number of ether oxygens (including phenoxy) is 2. The molecule has 142 valence electrons. The molecule has 0 amide bonds. The molecule has 28 heavy (non-hydrogen) atoms. The SMILES string of the molecule is COc1ccc(-c2nc3ccc(Cl)cn3c2Nc2cccc(Cl)c2)cc1OC. The third-order valence-electron chi connectivity index (χ3n) is 4.33. The minimum Gasteiger partial charge on any atom is -0.493 e. The van der Waals surface area contributed by atoms with Crippen molar-refractivity contribution >= 4 is 40.4 Å². The number of nitrogens with zero attached hydrogens (tertiary/aromatic N) is 2. The molecule has 4 aromatic rings. The number of anilines is 2. The molecule has 0 spiro atoms. The quantitative estimate of drug-likeness (QED) is 0.431. The minimum atomic E-state index is 0.609. The highest BCUT2D eigenvalue weighted by Crippen LogP contribution is 2.37. The number of fused-ring (bicyclic) bond motifs is 1. The first-order chi connectivity index (χ1) is 13.6. The Morgan fingerprint density at radius 2 is 1.71 bits per heavy atom. The summed E-state index contributed by atoms with van der Waals surface area (Å²) in [6.07, 6.45) is 1.82. The van der Waals surface area contributed by atoms with Gasteiger partial charge < -0.3 is 14.8 Å². The summed E-state index contributed by atoms with van der Waals surface area (Å²) in [4.78, 5) is 4.79. The maximum atomic E-state index is 6.23. The van der Waals surface area contributed by atoms with Crippen molar-refractivity contribution in [1.29, 1.82) is 0 Å². The summed E-state index contributed by atoms with van der Waals surface area (Å²) in [7, 11) is 3.22. The molecule has 0 saturated carbocycles. The molecule has 7 heteroatoms. The highest BCUT2D eigenvalue weighted by atomic mass is 35.5. The largest absolute Gasteiger partial charge is 0.493 e. The van der Waals surface area contributed by atoms with Crippen molar-refractivity contribution in [3.63, 3.8) is 0 Å². The molecule has 1 N–H and O–H groups in total. The Kier molecular flexibility index (Phi) is 5.03. The molecule has 2 aromatic carbocycles. The van der Waals surface area contributed by atoms with E-state index < -0.39 is 0 Å². The summed E-state index contributed by atoms with van der Waals surface area (Å²) in [6.45, 7) is 0. The van der Waals surface area contributed by atoms with Crippen LogP contribution in [0.4, 0.5) is 11.5 Å². The van der Waals surface area contributed by atoms with Crippen molar-refractivity contribution in [3.05, 3.63) is 70.8 Å². The zero-order valence-corrected chi connectivity index (χ0v) is 16.8. The molecule has 4 rings (SSSR count). The van der Waals surface area contributed by atoms with Gasteiger partial charge in [-0.05, 0) is 48.5 Å². The van der Waals surface area contributed by atoms with Gasteiger partial charge in [0.2, 0.25) is 0 Å². The van der Waals surface area contributed by atoms with Gasteiger partial charge in [0, 0.05) is 22.5 Å². The van der Waals surface area contributed by atoms with Crippen LogP contribution in [0.25, 0.3) is 16.9 Å². The zero-order chi connectivity index (χ0) is 19.7. The fourth-order valence-electron chi connectivity index (χ4n) is 3.03. The van der Waals surface area contributed by atoms with Crippen molar-refractivity contribution in [2.75, 3.05) is 19.5 Å². The highest BCUT2D eigenvalue weighted by molar-refractivity contribution is 6.31. The molecule has 0 aliphatic carbocycles. The number of hydrogen-bond donors (Lipinski definition) is 1. The van der Waals surface area contributed by atoms with Gasteiger partial charge in [0.05, 0.1) is 19.2 Å². The van der Waals surface area contributed by atoms with Crippen molar-refractivity contribution in [1.82, 2.24) is 9.38 Å². The van der Waals surface area contributed by atoms with Gasteiger partial charge in [-0.15, -0.1) is 0 Å². The molecule has 2 heterocycles. The van der Waals surface area contributed by atoms with Crippen molar-refractivity contribution < 1.29 is 9.47 Å². The van der Waals surface area contributed by atoms with Crippen LogP contribution in [0.15, 0.2) is 60.8 Å². The van der Waals surface area contributed by atoms with Gasteiger partial charge in [0.1, 0.15) is 17.2 Å². The summed E-state index contributed by atoms with van der Waals surface area (Å²) in [5.74, 6) is 2.05. The van der Waals surface area contributed by atoms with Crippen LogP contribution in [0.5, 0.6) is 11.5 Å². The molecule has 0 atom stereocenters. The van der Waals surface area contributed by atoms with E-state index in [1.807, 2.05) is 65.2 Å². The van der Waals surface area contributed by atoms with Crippen LogP contribution in [0.1, 0.15) is 0 Å². The van der Waals surface area contributed by atoms with Crippen LogP contribution in [-0.4, -0.2) is 23.6 Å².